The summed E-state index contributed by atoms with van der Waals surface area (Å²) in [7, 11) is 2.11. The van der Waals surface area contributed by atoms with E-state index >= 15 is 0 Å². The van der Waals surface area contributed by atoms with Crippen molar-refractivity contribution in [2.24, 2.45) is 5.10 Å². The van der Waals surface area contributed by atoms with Crippen molar-refractivity contribution in [2.75, 3.05) is 11.9 Å². The van der Waals surface area contributed by atoms with Gasteiger partial charge in [0, 0.05) is 29.4 Å². The number of fused-ring (bicyclic) bond motifs is 1. The summed E-state index contributed by atoms with van der Waals surface area (Å²) in [5.41, 5.74) is 7.56. The van der Waals surface area contributed by atoms with Crippen molar-refractivity contribution in [3.05, 3.63) is 63.7 Å². The summed E-state index contributed by atoms with van der Waals surface area (Å²) in [6, 6.07) is 11.4. The van der Waals surface area contributed by atoms with Gasteiger partial charge in [0.15, 0.2) is 0 Å². The van der Waals surface area contributed by atoms with E-state index in [1.165, 1.54) is 5.56 Å². The molecule has 142 valence electrons. The number of aryl methyl sites for hydroxylation is 1. The monoisotopic (exact) mass is 383 g/mol. The van der Waals surface area contributed by atoms with E-state index in [1.54, 1.807) is 18.3 Å². The Hall–Kier alpha value is -2.33. The third-order valence-electron chi connectivity index (χ3n) is 5.44. The highest BCUT2D eigenvalue weighted by atomic mass is 35.5. The minimum atomic E-state index is -0.241. The van der Waals surface area contributed by atoms with E-state index in [1.807, 2.05) is 25.1 Å². The minimum Gasteiger partial charge on any atom is -0.369 e. The minimum absolute atomic E-state index is 0.0906. The molecule has 4 nitrogen and oxygen atoms in total. The van der Waals surface area contributed by atoms with Gasteiger partial charge in [-0.15, -0.1) is 0 Å². The number of hydrogen-bond acceptors (Lipinski definition) is 3. The highest BCUT2D eigenvalue weighted by Gasteiger charge is 2.34. The maximum Gasteiger partial charge on any atom is 0.271 e. The second-order valence-electron chi connectivity index (χ2n) is 7.97. The molecule has 3 rings (SSSR count). The van der Waals surface area contributed by atoms with Gasteiger partial charge in [0.05, 0.1) is 11.2 Å². The van der Waals surface area contributed by atoms with Crippen molar-refractivity contribution in [3.8, 4) is 0 Å². The lowest BCUT2D eigenvalue weighted by atomic mass is 9.80. The van der Waals surface area contributed by atoms with E-state index in [4.69, 9.17) is 11.6 Å². The van der Waals surface area contributed by atoms with Crippen molar-refractivity contribution in [2.45, 2.75) is 45.6 Å². The molecule has 0 spiro atoms. The third kappa shape index (κ3) is 4.01. The number of nitrogens with one attached hydrogen (secondary N) is 1. The molecule has 1 heterocycles. The van der Waals surface area contributed by atoms with Crippen molar-refractivity contribution in [1.29, 1.82) is 0 Å². The van der Waals surface area contributed by atoms with Crippen molar-refractivity contribution >= 4 is 29.4 Å². The molecule has 0 fully saturated rings. The van der Waals surface area contributed by atoms with Crippen LogP contribution in [0, 0.1) is 6.92 Å². The fourth-order valence-corrected chi connectivity index (χ4v) is 3.84. The molecule has 1 N–H and O–H groups in total. The van der Waals surface area contributed by atoms with Gasteiger partial charge in [-0.25, -0.2) is 5.43 Å². The number of anilines is 1. The van der Waals surface area contributed by atoms with Gasteiger partial charge < -0.3 is 4.90 Å². The zero-order valence-electron chi connectivity index (χ0n) is 16.5. The number of halogens is 1. The van der Waals surface area contributed by atoms with E-state index in [0.29, 0.717) is 16.5 Å². The molecule has 0 saturated carbocycles. The molecule has 2 aromatic rings. The van der Waals surface area contributed by atoms with Crippen LogP contribution in [-0.4, -0.2) is 24.7 Å². The van der Waals surface area contributed by atoms with Gasteiger partial charge in [-0.1, -0.05) is 36.2 Å². The highest BCUT2D eigenvalue weighted by molar-refractivity contribution is 6.33. The summed E-state index contributed by atoms with van der Waals surface area (Å²) in [6.07, 6.45) is 2.68. The zero-order valence-corrected chi connectivity index (χ0v) is 17.3. The van der Waals surface area contributed by atoms with E-state index in [-0.39, 0.29) is 11.4 Å². The van der Waals surface area contributed by atoms with Crippen LogP contribution in [-0.2, 0) is 0 Å². The molecule has 0 aliphatic carbocycles. The van der Waals surface area contributed by atoms with Gasteiger partial charge in [-0.3, -0.25) is 4.79 Å². The number of carbonyl (C=O) groups excluding carboxylic acids is 1. The summed E-state index contributed by atoms with van der Waals surface area (Å²) in [4.78, 5) is 14.5. The second kappa shape index (κ2) is 7.35. The number of rotatable bonds is 3. The number of hydrogen-bond donors (Lipinski definition) is 1. The number of amides is 1. The lowest BCUT2D eigenvalue weighted by molar-refractivity contribution is 0.0955. The molecule has 27 heavy (non-hydrogen) atoms. The van der Waals surface area contributed by atoms with Gasteiger partial charge >= 0.3 is 0 Å². The molecule has 0 saturated heterocycles. The standard InChI is InChI=1S/C22H26ClN3O/c1-14-6-8-16(9-7-14)21(27)25-24-13-17-10-18-15(2)12-22(3,4)26(5)20(18)11-19(17)23/h6-11,13,15H,12H2,1-5H3,(H,25,27)/b24-13-. The fraction of sp³-hybridized carbons (Fsp3) is 0.364. The first-order valence-corrected chi connectivity index (χ1v) is 9.54. The lowest BCUT2D eigenvalue weighted by Crippen LogP contribution is -2.45. The molecular formula is C22H26ClN3O. The largest absolute Gasteiger partial charge is 0.369 e. The smallest absolute Gasteiger partial charge is 0.271 e. The van der Waals surface area contributed by atoms with Gasteiger partial charge in [0.25, 0.3) is 5.91 Å². The number of hydrazone groups is 1. The van der Waals surface area contributed by atoms with E-state index in [2.05, 4.69) is 49.3 Å². The van der Waals surface area contributed by atoms with Gasteiger partial charge in [-0.2, -0.15) is 5.10 Å². The molecule has 0 radical (unpaired) electrons. The van der Waals surface area contributed by atoms with E-state index < -0.39 is 0 Å². The summed E-state index contributed by atoms with van der Waals surface area (Å²) < 4.78 is 0. The average molecular weight is 384 g/mol. The van der Waals surface area contributed by atoms with E-state index in [9.17, 15) is 4.79 Å². The summed E-state index contributed by atoms with van der Waals surface area (Å²) in [5, 5.41) is 4.72. The molecule has 1 atom stereocenters. The molecule has 1 aliphatic heterocycles. The normalized spacial score (nSPS) is 18.4. The van der Waals surface area contributed by atoms with Crippen molar-refractivity contribution < 1.29 is 4.79 Å². The van der Waals surface area contributed by atoms with Crippen LogP contribution in [0.1, 0.15) is 60.2 Å². The van der Waals surface area contributed by atoms with Crippen LogP contribution in [0.5, 0.6) is 0 Å². The van der Waals surface area contributed by atoms with Crippen LogP contribution in [0.3, 0.4) is 0 Å². The van der Waals surface area contributed by atoms with E-state index in [0.717, 1.165) is 23.2 Å². The SMILES string of the molecule is Cc1ccc(C(=O)N/N=C\c2cc3c(cc2Cl)N(C)C(C)(C)CC3C)cc1. The Morgan fingerprint density at radius 3 is 2.63 bits per heavy atom. The van der Waals surface area contributed by atoms with Crippen LogP contribution in [0.4, 0.5) is 5.69 Å². The Kier molecular flexibility index (Phi) is 5.29. The molecule has 0 bridgehead atoms. The van der Waals surface area contributed by atoms with Crippen LogP contribution < -0.4 is 10.3 Å². The van der Waals surface area contributed by atoms with Crippen LogP contribution in [0.2, 0.25) is 5.02 Å². The Bertz CT molecular complexity index is 887. The zero-order chi connectivity index (χ0) is 19.8. The Labute approximate surface area is 166 Å². The maximum absolute atomic E-state index is 12.2. The molecule has 1 amide bonds. The van der Waals surface area contributed by atoms with Gasteiger partial charge in [-0.05, 0) is 62.9 Å². The quantitative estimate of drug-likeness (QED) is 0.589. The average Bonchev–Trinajstić information content (AvgIpc) is 2.61. The first-order chi connectivity index (χ1) is 12.7. The predicted molar refractivity (Wildman–Crippen MR) is 113 cm³/mol. The van der Waals surface area contributed by atoms with Crippen LogP contribution in [0.15, 0.2) is 41.5 Å². The van der Waals surface area contributed by atoms with Gasteiger partial charge in [0.2, 0.25) is 0 Å². The second-order valence-corrected chi connectivity index (χ2v) is 8.38. The summed E-state index contributed by atoms with van der Waals surface area (Å²) >= 11 is 6.49. The summed E-state index contributed by atoms with van der Waals surface area (Å²) in [6.45, 7) is 8.71. The molecule has 1 unspecified atom stereocenters. The third-order valence-corrected chi connectivity index (χ3v) is 5.76. The number of nitrogens with zero attached hydrogens (tertiary/aromatic N) is 2. The molecule has 2 aromatic carbocycles. The topological polar surface area (TPSA) is 44.7 Å². The number of benzene rings is 2. The first-order valence-electron chi connectivity index (χ1n) is 9.16. The number of carbonyl (C=O) groups is 1. The Morgan fingerprint density at radius 2 is 1.96 bits per heavy atom. The molecule has 1 aliphatic rings. The van der Waals surface area contributed by atoms with Crippen LogP contribution >= 0.6 is 11.6 Å². The maximum atomic E-state index is 12.2. The molecule has 0 aromatic heterocycles. The predicted octanol–water partition coefficient (Wildman–Crippen LogP) is 5.13. The van der Waals surface area contributed by atoms with Gasteiger partial charge in [0.1, 0.15) is 0 Å². The fourth-order valence-electron chi connectivity index (χ4n) is 3.63. The Balaban J connectivity index is 1.80. The molecule has 5 heteroatoms. The van der Waals surface area contributed by atoms with Crippen molar-refractivity contribution in [1.82, 2.24) is 5.43 Å². The lowest BCUT2D eigenvalue weighted by Gasteiger charge is -2.45. The van der Waals surface area contributed by atoms with Crippen molar-refractivity contribution in [3.63, 3.8) is 0 Å². The van der Waals surface area contributed by atoms with Crippen LogP contribution in [0.25, 0.3) is 0 Å². The molecular weight excluding hydrogens is 358 g/mol. The Morgan fingerprint density at radius 1 is 1.30 bits per heavy atom. The first kappa shape index (κ1) is 19.4. The highest BCUT2D eigenvalue weighted by Crippen LogP contribution is 2.44. The summed E-state index contributed by atoms with van der Waals surface area (Å²) in [5.74, 6) is 0.188.